The summed E-state index contributed by atoms with van der Waals surface area (Å²) < 4.78 is 0. The molecule has 1 aromatic heterocycles. The lowest BCUT2D eigenvalue weighted by atomic mass is 10.1. The van der Waals surface area contributed by atoms with E-state index >= 15 is 0 Å². The molecule has 19 heavy (non-hydrogen) atoms. The van der Waals surface area contributed by atoms with Crippen LogP contribution in [0, 0.1) is 12.8 Å². The molecule has 104 valence electrons. The molecule has 1 atom stereocenters. The zero-order chi connectivity index (χ0) is 13.8. The van der Waals surface area contributed by atoms with Crippen molar-refractivity contribution in [2.45, 2.75) is 19.9 Å². The van der Waals surface area contributed by atoms with Crippen LogP contribution in [0.4, 0.5) is 0 Å². The van der Waals surface area contributed by atoms with Gasteiger partial charge in [0.25, 0.3) is 0 Å². The maximum Gasteiger partial charge on any atom is 0.307 e. The van der Waals surface area contributed by atoms with E-state index in [9.17, 15) is 9.59 Å². The molecule has 6 heteroatoms. The fourth-order valence-electron chi connectivity index (χ4n) is 2.20. The number of carboxylic acids is 1. The van der Waals surface area contributed by atoms with E-state index < -0.39 is 5.97 Å². The largest absolute Gasteiger partial charge is 0.481 e. The Kier molecular flexibility index (Phi) is 4.55. The van der Waals surface area contributed by atoms with Crippen molar-refractivity contribution in [3.05, 3.63) is 21.9 Å². The summed E-state index contributed by atoms with van der Waals surface area (Å²) in [7, 11) is 0. The summed E-state index contributed by atoms with van der Waals surface area (Å²) in [6.07, 6.45) is 0.632. The van der Waals surface area contributed by atoms with Gasteiger partial charge in [-0.25, -0.2) is 0 Å². The van der Waals surface area contributed by atoms with E-state index in [1.54, 1.807) is 11.3 Å². The van der Waals surface area contributed by atoms with Gasteiger partial charge in [0.15, 0.2) is 0 Å². The van der Waals surface area contributed by atoms with Crippen molar-refractivity contribution in [2.24, 2.45) is 5.92 Å². The summed E-state index contributed by atoms with van der Waals surface area (Å²) in [6.45, 7) is 4.02. The number of amides is 1. The highest BCUT2D eigenvalue weighted by atomic mass is 32.1. The Bertz CT molecular complexity index is 472. The van der Waals surface area contributed by atoms with Crippen LogP contribution in [-0.4, -0.2) is 41.5 Å². The van der Waals surface area contributed by atoms with Gasteiger partial charge < -0.3 is 10.4 Å². The number of hydrogen-bond acceptors (Lipinski definition) is 4. The van der Waals surface area contributed by atoms with Gasteiger partial charge in [0.2, 0.25) is 5.91 Å². The van der Waals surface area contributed by atoms with Crippen molar-refractivity contribution >= 4 is 23.2 Å². The second-order valence-electron chi connectivity index (χ2n) is 4.86. The summed E-state index contributed by atoms with van der Waals surface area (Å²) in [5.74, 6) is -1.14. The third-order valence-electron chi connectivity index (χ3n) is 3.40. The molecule has 0 radical (unpaired) electrons. The highest BCUT2D eigenvalue weighted by molar-refractivity contribution is 7.10. The van der Waals surface area contributed by atoms with Gasteiger partial charge in [0.05, 0.1) is 19.0 Å². The van der Waals surface area contributed by atoms with Crippen molar-refractivity contribution in [1.29, 1.82) is 0 Å². The van der Waals surface area contributed by atoms with E-state index in [2.05, 4.69) is 5.32 Å². The highest BCUT2D eigenvalue weighted by Gasteiger charge is 2.28. The van der Waals surface area contributed by atoms with E-state index in [0.29, 0.717) is 26.1 Å². The SMILES string of the molecule is Cc1ccsc1CNC(=O)CN1CCC(C(=O)O)C1. The van der Waals surface area contributed by atoms with Gasteiger partial charge in [-0.3, -0.25) is 14.5 Å². The smallest absolute Gasteiger partial charge is 0.307 e. The van der Waals surface area contributed by atoms with Gasteiger partial charge in [-0.15, -0.1) is 11.3 Å². The Morgan fingerprint density at radius 3 is 2.95 bits per heavy atom. The monoisotopic (exact) mass is 282 g/mol. The second-order valence-corrected chi connectivity index (χ2v) is 5.86. The lowest BCUT2D eigenvalue weighted by molar-refractivity contribution is -0.141. The summed E-state index contributed by atoms with van der Waals surface area (Å²) in [5, 5.41) is 13.8. The summed E-state index contributed by atoms with van der Waals surface area (Å²) >= 11 is 1.63. The van der Waals surface area contributed by atoms with Gasteiger partial charge in [-0.2, -0.15) is 0 Å². The van der Waals surface area contributed by atoms with Gasteiger partial charge in [0, 0.05) is 11.4 Å². The maximum atomic E-state index is 11.8. The molecule has 0 saturated carbocycles. The molecular formula is C13H18N2O3S. The lowest BCUT2D eigenvalue weighted by Crippen LogP contribution is -2.36. The van der Waals surface area contributed by atoms with Gasteiger partial charge in [-0.1, -0.05) is 0 Å². The number of carboxylic acid groups (broad SMARTS) is 1. The molecule has 1 saturated heterocycles. The standard InChI is InChI=1S/C13H18N2O3S/c1-9-3-5-19-11(9)6-14-12(16)8-15-4-2-10(7-15)13(17)18/h3,5,10H,2,4,6-8H2,1H3,(H,14,16)(H,17,18). The van der Waals surface area contributed by atoms with Crippen LogP contribution in [0.5, 0.6) is 0 Å². The van der Waals surface area contributed by atoms with Crippen LogP contribution in [0.2, 0.25) is 0 Å². The quantitative estimate of drug-likeness (QED) is 0.848. The minimum absolute atomic E-state index is 0.0427. The third kappa shape index (κ3) is 3.78. The fraction of sp³-hybridized carbons (Fsp3) is 0.538. The number of aryl methyl sites for hydroxylation is 1. The number of carbonyl (C=O) groups is 2. The Morgan fingerprint density at radius 2 is 2.37 bits per heavy atom. The minimum atomic E-state index is -0.767. The highest BCUT2D eigenvalue weighted by Crippen LogP contribution is 2.16. The van der Waals surface area contributed by atoms with Gasteiger partial charge >= 0.3 is 5.97 Å². The summed E-state index contributed by atoms with van der Waals surface area (Å²) in [5.41, 5.74) is 1.19. The molecule has 1 aliphatic rings. The van der Waals surface area contributed by atoms with Crippen molar-refractivity contribution in [1.82, 2.24) is 10.2 Å². The number of nitrogens with one attached hydrogen (secondary N) is 1. The number of rotatable bonds is 5. The third-order valence-corrected chi connectivity index (χ3v) is 4.43. The number of hydrogen-bond donors (Lipinski definition) is 2. The molecule has 1 fully saturated rings. The molecule has 5 nitrogen and oxygen atoms in total. The van der Waals surface area contributed by atoms with E-state index in [4.69, 9.17) is 5.11 Å². The molecule has 2 heterocycles. The van der Waals surface area contributed by atoms with Crippen molar-refractivity contribution < 1.29 is 14.7 Å². The first-order chi connectivity index (χ1) is 9.06. The molecule has 1 aromatic rings. The van der Waals surface area contributed by atoms with Crippen molar-refractivity contribution in [3.63, 3.8) is 0 Å². The number of aliphatic carboxylic acids is 1. The van der Waals surface area contributed by atoms with E-state index in [1.165, 1.54) is 5.56 Å². The van der Waals surface area contributed by atoms with Crippen molar-refractivity contribution in [2.75, 3.05) is 19.6 Å². The van der Waals surface area contributed by atoms with Gasteiger partial charge in [0.1, 0.15) is 0 Å². The normalized spacial score (nSPS) is 19.5. The number of thiophene rings is 1. The predicted molar refractivity (Wildman–Crippen MR) is 73.1 cm³/mol. The number of likely N-dealkylation sites (tertiary alicyclic amines) is 1. The number of carbonyl (C=O) groups excluding carboxylic acids is 1. The average Bonchev–Trinajstić information content (AvgIpc) is 2.96. The topological polar surface area (TPSA) is 69.6 Å². The van der Waals surface area contributed by atoms with Crippen LogP contribution in [0.3, 0.4) is 0 Å². The van der Waals surface area contributed by atoms with Crippen LogP contribution in [0.25, 0.3) is 0 Å². The lowest BCUT2D eigenvalue weighted by Gasteiger charge is -2.14. The molecule has 0 aliphatic carbocycles. The Balaban J connectivity index is 1.73. The maximum absolute atomic E-state index is 11.8. The van der Waals surface area contributed by atoms with E-state index in [0.717, 1.165) is 4.88 Å². The van der Waals surface area contributed by atoms with Crippen LogP contribution in [-0.2, 0) is 16.1 Å². The first kappa shape index (κ1) is 14.0. The number of nitrogens with zero attached hydrogens (tertiary/aromatic N) is 1. The fourth-order valence-corrected chi connectivity index (χ4v) is 3.05. The van der Waals surface area contributed by atoms with E-state index in [-0.39, 0.29) is 18.4 Å². The molecule has 1 unspecified atom stereocenters. The zero-order valence-electron chi connectivity index (χ0n) is 10.9. The molecule has 1 aliphatic heterocycles. The summed E-state index contributed by atoms with van der Waals surface area (Å²) in [6, 6.07) is 2.03. The zero-order valence-corrected chi connectivity index (χ0v) is 11.7. The molecule has 2 N–H and O–H groups in total. The molecule has 0 spiro atoms. The Labute approximate surface area is 116 Å². The first-order valence-electron chi connectivity index (χ1n) is 6.31. The van der Waals surface area contributed by atoms with Gasteiger partial charge in [-0.05, 0) is 36.9 Å². The van der Waals surface area contributed by atoms with Crippen LogP contribution < -0.4 is 5.32 Å². The Hall–Kier alpha value is -1.40. The van der Waals surface area contributed by atoms with E-state index in [1.807, 2.05) is 23.3 Å². The predicted octanol–water partition coefficient (Wildman–Crippen LogP) is 1.08. The minimum Gasteiger partial charge on any atom is -0.481 e. The molecule has 2 rings (SSSR count). The molecule has 0 bridgehead atoms. The first-order valence-corrected chi connectivity index (χ1v) is 7.19. The Morgan fingerprint density at radius 1 is 1.58 bits per heavy atom. The summed E-state index contributed by atoms with van der Waals surface area (Å²) in [4.78, 5) is 25.7. The van der Waals surface area contributed by atoms with Crippen LogP contribution in [0.1, 0.15) is 16.9 Å². The van der Waals surface area contributed by atoms with Crippen molar-refractivity contribution in [3.8, 4) is 0 Å². The molecule has 0 aromatic carbocycles. The molecule has 1 amide bonds. The average molecular weight is 282 g/mol. The van der Waals surface area contributed by atoms with Crippen LogP contribution >= 0.6 is 11.3 Å². The second kappa shape index (κ2) is 6.16. The molecular weight excluding hydrogens is 264 g/mol. The van der Waals surface area contributed by atoms with Crippen LogP contribution in [0.15, 0.2) is 11.4 Å².